The molecule has 0 saturated carbocycles. The number of aryl methyl sites for hydroxylation is 2. The van der Waals surface area contributed by atoms with Crippen LogP contribution >= 0.6 is 0 Å². The molecule has 455 valence electrons. The zero-order valence-electron chi connectivity index (χ0n) is 49.4. The second kappa shape index (κ2) is 28.3. The number of aromatic amines is 1. The first-order chi connectivity index (χ1) is 40.2. The SMILES string of the molecule is Cc1ccc2c(c1)C(C)(C)C(/C=C/C1=C(Oc3ccc(C[C@H](NC(=O)c4ccc(NCc5cnc6nc(N)[nH]c(=O)c6n5)cc4)C(=O)O)cc3)C(=C/C=C3/N(CCCCS(=O)(=O)O)c4ccc(C)cc4C3(C)C)/CCC1)=[N+]2CCCCS(=O)(=O)[O-].[W].[Y]. The van der Waals surface area contributed by atoms with Crippen molar-refractivity contribution in [2.75, 3.05) is 40.5 Å². The fourth-order valence-electron chi connectivity index (χ4n) is 11.4. The molecule has 0 unspecified atom stereocenters. The van der Waals surface area contributed by atoms with Crippen LogP contribution in [0.15, 0.2) is 143 Å². The number of nitrogens with one attached hydrogen (secondary N) is 3. The predicted molar refractivity (Wildman–Crippen MR) is 327 cm³/mol. The van der Waals surface area contributed by atoms with E-state index in [9.17, 15) is 45.4 Å². The van der Waals surface area contributed by atoms with E-state index in [0.29, 0.717) is 67.2 Å². The van der Waals surface area contributed by atoms with Gasteiger partial charge >= 0.3 is 5.97 Å². The molecule has 0 fully saturated rings. The number of carbonyl (C=O) groups excluding carboxylic acids is 1. The standard InChI is InChI=1S/C63H71N9O11S2.W.Y/c1-39-14-26-51-48(34-39)62(3,4)53(71(51)30-7-9-32-84(77,78)79)28-20-42-12-11-13-43(21-29-54-63(5,6)49-35-40(2)15-27-52(49)72(54)31-8-10-33-85(80,81)82)56(42)83-47-24-16-41(17-25-47)36-50(60(75)76)68-58(73)44-18-22-45(23-19-44)65-37-46-38-66-57-55(67-46)59(74)70-61(64)69-57;;/h14-29,34-35,38,50H,7-13,30-33,36-37H2,1-6H3,(H7-,64,65,66,68,69,70,73,74,75,76,77,78,79,80,81,82);;/t50-;;/m0../s1. The first-order valence-corrected chi connectivity index (χ1v) is 31.4. The van der Waals surface area contributed by atoms with Crippen molar-refractivity contribution in [3.63, 3.8) is 0 Å². The summed E-state index contributed by atoms with van der Waals surface area (Å²) in [7, 11) is -8.49. The Morgan fingerprint density at radius 3 is 2.25 bits per heavy atom. The Balaban J connectivity index is 0.00000541. The predicted octanol–water partition coefficient (Wildman–Crippen LogP) is 9.00. The van der Waals surface area contributed by atoms with Gasteiger partial charge in [-0.15, -0.1) is 0 Å². The Labute approximate surface area is 546 Å². The fraction of sp³-hybridized carbons (Fsp3) is 0.349. The van der Waals surface area contributed by atoms with Gasteiger partial charge < -0.3 is 35.7 Å². The van der Waals surface area contributed by atoms with Crippen LogP contribution in [0, 0.1) is 13.8 Å². The maximum Gasteiger partial charge on any atom is 0.326 e. The van der Waals surface area contributed by atoms with Crippen molar-refractivity contribution in [1.29, 1.82) is 0 Å². The number of benzene rings is 4. The number of nitrogen functional groups attached to an aromatic ring is 1. The molecule has 3 aliphatic rings. The maximum atomic E-state index is 13.5. The minimum absolute atomic E-state index is 0. The third kappa shape index (κ3) is 16.6. The van der Waals surface area contributed by atoms with Gasteiger partial charge in [-0.05, 0) is 149 Å². The number of allylic oxidation sites excluding steroid dienone is 7. The monoisotopic (exact) mass is 1470 g/mol. The summed E-state index contributed by atoms with van der Waals surface area (Å²) >= 11 is 0. The van der Waals surface area contributed by atoms with E-state index >= 15 is 0 Å². The van der Waals surface area contributed by atoms with Gasteiger partial charge in [0.05, 0.1) is 39.7 Å². The van der Waals surface area contributed by atoms with E-state index in [0.717, 1.165) is 62.6 Å². The van der Waals surface area contributed by atoms with Crippen LogP contribution in [-0.4, -0.2) is 104 Å². The number of nitrogens with two attached hydrogens (primary N) is 1. The smallest absolute Gasteiger partial charge is 0.326 e. The van der Waals surface area contributed by atoms with Crippen molar-refractivity contribution in [2.45, 2.75) is 116 Å². The van der Waals surface area contributed by atoms with Crippen molar-refractivity contribution in [2.24, 2.45) is 0 Å². The second-order valence-corrected chi connectivity index (χ2v) is 26.1. The zero-order valence-corrected chi connectivity index (χ0v) is 56.8. The van der Waals surface area contributed by atoms with Gasteiger partial charge in [-0.3, -0.25) is 19.1 Å². The first-order valence-electron chi connectivity index (χ1n) is 28.3. The molecule has 87 heavy (non-hydrogen) atoms. The molecule has 0 spiro atoms. The minimum atomic E-state index is -4.37. The molecule has 9 rings (SSSR count). The molecule has 24 heteroatoms. The number of ether oxygens (including phenoxy) is 1. The van der Waals surface area contributed by atoms with E-state index in [1.807, 2.05) is 0 Å². The van der Waals surface area contributed by atoms with Gasteiger partial charge in [0.1, 0.15) is 24.1 Å². The van der Waals surface area contributed by atoms with E-state index in [1.165, 1.54) is 6.20 Å². The quantitative estimate of drug-likeness (QED) is 0.0198. The van der Waals surface area contributed by atoms with Crippen molar-refractivity contribution in [3.05, 3.63) is 187 Å². The van der Waals surface area contributed by atoms with Crippen LogP contribution in [0.4, 0.5) is 23.0 Å². The number of nitrogens with zero attached hydrogens (tertiary/aromatic N) is 5. The zero-order chi connectivity index (χ0) is 61.0. The number of hydrogen-bond acceptors (Lipinski definition) is 15. The van der Waals surface area contributed by atoms with Gasteiger partial charge in [0.2, 0.25) is 11.6 Å². The summed E-state index contributed by atoms with van der Waals surface area (Å²) in [5.41, 5.74) is 16.8. The van der Waals surface area contributed by atoms with Crippen LogP contribution in [-0.2, 0) is 103 Å². The Bertz CT molecular complexity index is 4050. The maximum absolute atomic E-state index is 13.5. The average molecular weight is 1470 g/mol. The number of aromatic nitrogens is 4. The van der Waals surface area contributed by atoms with Crippen LogP contribution < -0.4 is 31.6 Å². The van der Waals surface area contributed by atoms with Gasteiger partial charge in [-0.2, -0.15) is 18.0 Å². The summed E-state index contributed by atoms with van der Waals surface area (Å²) in [6, 6.07) is 25.0. The summed E-state index contributed by atoms with van der Waals surface area (Å²) in [6.45, 7) is 14.0. The number of carboxylic acid groups (broad SMARTS) is 1. The summed E-state index contributed by atoms with van der Waals surface area (Å²) in [4.78, 5) is 55.6. The van der Waals surface area contributed by atoms with E-state index < -0.39 is 60.3 Å². The van der Waals surface area contributed by atoms with E-state index in [-0.39, 0.29) is 108 Å². The summed E-state index contributed by atoms with van der Waals surface area (Å²) in [5.74, 6) is -1.50. The molecule has 0 saturated heterocycles. The molecule has 2 aliphatic heterocycles. The topological polar surface area (TPSA) is 303 Å². The Hall–Kier alpha value is -6.52. The van der Waals surface area contributed by atoms with Crippen LogP contribution in [0.25, 0.3) is 11.2 Å². The molecule has 1 aliphatic carbocycles. The first kappa shape index (κ1) is 68.0. The van der Waals surface area contributed by atoms with Crippen LogP contribution in [0.2, 0.25) is 0 Å². The molecule has 1 atom stereocenters. The molecule has 4 heterocycles. The van der Waals surface area contributed by atoms with Crippen molar-refractivity contribution >= 4 is 72.0 Å². The van der Waals surface area contributed by atoms with Gasteiger partial charge in [0.15, 0.2) is 16.9 Å². The fourth-order valence-corrected chi connectivity index (χ4v) is 12.5. The molecular formula is C63H71N9O11S2WY. The number of unbranched alkanes of at least 4 members (excludes halogenated alkanes) is 2. The van der Waals surface area contributed by atoms with Crippen LogP contribution in [0.1, 0.15) is 117 Å². The molecular weight excluding hydrogens is 1400 g/mol. The van der Waals surface area contributed by atoms with Crippen molar-refractivity contribution in [3.8, 4) is 5.75 Å². The molecule has 1 radical (unpaired) electrons. The van der Waals surface area contributed by atoms with E-state index in [4.69, 9.17) is 10.5 Å². The number of hydrogen-bond donors (Lipinski definition) is 6. The molecule has 2 aromatic heterocycles. The number of anilines is 3. The molecule has 1 amide bonds. The second-order valence-electron chi connectivity index (χ2n) is 23.0. The average Bonchev–Trinajstić information content (AvgIpc) is 1.62. The Morgan fingerprint density at radius 1 is 0.874 bits per heavy atom. The van der Waals surface area contributed by atoms with Crippen LogP contribution in [0.5, 0.6) is 5.75 Å². The Kier molecular flexibility index (Phi) is 22.1. The van der Waals surface area contributed by atoms with Gasteiger partial charge in [-0.25, -0.2) is 23.2 Å². The number of aliphatic carboxylic acids is 1. The summed E-state index contributed by atoms with van der Waals surface area (Å²) in [6.07, 6.45) is 13.5. The van der Waals surface area contributed by atoms with Gasteiger partial charge in [0.25, 0.3) is 21.6 Å². The number of carbonyl (C=O) groups is 2. The molecule has 4 aromatic carbocycles. The molecule has 20 nitrogen and oxygen atoms in total. The molecule has 0 bridgehead atoms. The molecule has 6 aromatic rings. The minimum Gasteiger partial charge on any atom is -0.748 e. The number of carboxylic acids is 1. The van der Waals surface area contributed by atoms with Crippen LogP contribution in [0.3, 0.4) is 0 Å². The summed E-state index contributed by atoms with van der Waals surface area (Å²) < 4.78 is 76.8. The number of H-pyrrole nitrogens is 1. The van der Waals surface area contributed by atoms with Gasteiger partial charge in [-0.1, -0.05) is 61.4 Å². The van der Waals surface area contributed by atoms with E-state index in [2.05, 4.69) is 142 Å². The Morgan fingerprint density at radius 2 is 1.56 bits per heavy atom. The van der Waals surface area contributed by atoms with E-state index in [1.54, 1.807) is 48.5 Å². The van der Waals surface area contributed by atoms with Crippen molar-refractivity contribution in [1.82, 2.24) is 25.3 Å². The number of rotatable bonds is 23. The number of fused-ring (bicyclic) bond motifs is 3. The number of amides is 1. The summed E-state index contributed by atoms with van der Waals surface area (Å²) in [5, 5.41) is 16.2. The largest absolute Gasteiger partial charge is 0.748 e. The van der Waals surface area contributed by atoms with Crippen molar-refractivity contribution < 1.29 is 104 Å². The van der Waals surface area contributed by atoms with Gasteiger partial charge in [0, 0.05) is 125 Å². The third-order valence-electron chi connectivity index (χ3n) is 15.8. The normalized spacial score (nSPS) is 16.6. The third-order valence-corrected chi connectivity index (χ3v) is 17.4. The molecule has 7 N–H and O–H groups in total.